The zero-order valence-electron chi connectivity index (χ0n) is 14.6. The SMILES string of the molecule is Cc1nc(-c2cccc(NC(=O)N3CCC[C@@H]3Cn3cccn3)c2)cs1. The van der Waals surface area contributed by atoms with E-state index >= 15 is 0 Å². The lowest BCUT2D eigenvalue weighted by Gasteiger charge is -2.25. The average molecular weight is 367 g/mol. The van der Waals surface area contributed by atoms with Crippen LogP contribution in [0.5, 0.6) is 0 Å². The van der Waals surface area contributed by atoms with Gasteiger partial charge < -0.3 is 10.2 Å². The predicted octanol–water partition coefficient (Wildman–Crippen LogP) is 4.01. The highest BCUT2D eigenvalue weighted by Crippen LogP contribution is 2.25. The molecule has 1 aliphatic rings. The molecule has 1 atom stereocenters. The fourth-order valence-electron chi connectivity index (χ4n) is 3.36. The first-order chi connectivity index (χ1) is 12.7. The van der Waals surface area contributed by atoms with Crippen LogP contribution in [0.2, 0.25) is 0 Å². The van der Waals surface area contributed by atoms with E-state index in [0.29, 0.717) is 0 Å². The molecule has 0 bridgehead atoms. The highest BCUT2D eigenvalue weighted by molar-refractivity contribution is 7.09. The van der Waals surface area contributed by atoms with Crippen molar-refractivity contribution >= 4 is 23.1 Å². The van der Waals surface area contributed by atoms with Crippen molar-refractivity contribution in [1.82, 2.24) is 19.7 Å². The van der Waals surface area contributed by atoms with E-state index in [-0.39, 0.29) is 12.1 Å². The van der Waals surface area contributed by atoms with Crippen LogP contribution in [-0.2, 0) is 6.54 Å². The Morgan fingerprint density at radius 3 is 3.08 bits per heavy atom. The van der Waals surface area contributed by atoms with Crippen LogP contribution < -0.4 is 5.32 Å². The van der Waals surface area contributed by atoms with Gasteiger partial charge in [0.1, 0.15) is 0 Å². The molecule has 134 valence electrons. The maximum atomic E-state index is 12.8. The van der Waals surface area contributed by atoms with Crippen LogP contribution in [0.4, 0.5) is 10.5 Å². The van der Waals surface area contributed by atoms with Gasteiger partial charge in [-0.05, 0) is 38.0 Å². The molecule has 3 heterocycles. The smallest absolute Gasteiger partial charge is 0.320 e. The first-order valence-corrected chi connectivity index (χ1v) is 9.64. The summed E-state index contributed by atoms with van der Waals surface area (Å²) in [5, 5.41) is 10.4. The summed E-state index contributed by atoms with van der Waals surface area (Å²) in [5.74, 6) is 0. The molecule has 1 N–H and O–H groups in total. The number of aromatic nitrogens is 3. The third-order valence-electron chi connectivity index (χ3n) is 4.62. The molecule has 4 rings (SSSR count). The van der Waals surface area contributed by atoms with Crippen molar-refractivity contribution in [1.29, 1.82) is 0 Å². The van der Waals surface area contributed by atoms with Crippen molar-refractivity contribution in [3.63, 3.8) is 0 Å². The minimum absolute atomic E-state index is 0.0498. The van der Waals surface area contributed by atoms with Gasteiger partial charge in [0.2, 0.25) is 0 Å². The Morgan fingerprint density at radius 1 is 1.38 bits per heavy atom. The number of carbonyl (C=O) groups is 1. The Hall–Kier alpha value is -2.67. The number of urea groups is 1. The summed E-state index contributed by atoms with van der Waals surface area (Å²) in [7, 11) is 0. The van der Waals surface area contributed by atoms with E-state index in [0.717, 1.165) is 47.9 Å². The van der Waals surface area contributed by atoms with Gasteiger partial charge in [0.15, 0.2) is 0 Å². The lowest BCUT2D eigenvalue weighted by Crippen LogP contribution is -2.40. The van der Waals surface area contributed by atoms with E-state index in [1.54, 1.807) is 17.5 Å². The summed E-state index contributed by atoms with van der Waals surface area (Å²) in [6.07, 6.45) is 5.74. The number of rotatable bonds is 4. The fourth-order valence-corrected chi connectivity index (χ4v) is 3.99. The van der Waals surface area contributed by atoms with Crippen LogP contribution in [-0.4, -0.2) is 38.3 Å². The molecule has 0 spiro atoms. The summed E-state index contributed by atoms with van der Waals surface area (Å²) in [6.45, 7) is 3.51. The van der Waals surface area contributed by atoms with E-state index in [4.69, 9.17) is 0 Å². The number of nitrogens with one attached hydrogen (secondary N) is 1. The number of benzene rings is 1. The van der Waals surface area contributed by atoms with E-state index in [2.05, 4.69) is 15.4 Å². The number of nitrogens with zero attached hydrogens (tertiary/aromatic N) is 4. The summed E-state index contributed by atoms with van der Waals surface area (Å²) in [5.41, 5.74) is 2.76. The molecule has 3 aromatic rings. The summed E-state index contributed by atoms with van der Waals surface area (Å²) in [6, 6.07) is 9.89. The van der Waals surface area contributed by atoms with Gasteiger partial charge in [-0.2, -0.15) is 5.10 Å². The topological polar surface area (TPSA) is 63.1 Å². The molecule has 1 aliphatic heterocycles. The number of likely N-dealkylation sites (tertiary alicyclic amines) is 1. The Balaban J connectivity index is 1.45. The second-order valence-corrected chi connectivity index (χ2v) is 7.54. The van der Waals surface area contributed by atoms with Crippen molar-refractivity contribution in [2.24, 2.45) is 0 Å². The van der Waals surface area contributed by atoms with Crippen LogP contribution in [0, 0.1) is 6.92 Å². The zero-order chi connectivity index (χ0) is 17.9. The second kappa shape index (κ2) is 7.29. The molecule has 2 aromatic heterocycles. The lowest BCUT2D eigenvalue weighted by atomic mass is 10.1. The van der Waals surface area contributed by atoms with Crippen molar-refractivity contribution < 1.29 is 4.79 Å². The van der Waals surface area contributed by atoms with Crippen LogP contribution >= 0.6 is 11.3 Å². The van der Waals surface area contributed by atoms with Gasteiger partial charge in [0.05, 0.1) is 23.3 Å². The number of aryl methyl sites for hydroxylation is 1. The number of hydrogen-bond donors (Lipinski definition) is 1. The number of carbonyl (C=O) groups excluding carboxylic acids is 1. The minimum atomic E-state index is -0.0498. The van der Waals surface area contributed by atoms with Crippen molar-refractivity contribution in [3.05, 3.63) is 53.1 Å². The monoisotopic (exact) mass is 367 g/mol. The van der Waals surface area contributed by atoms with Gasteiger partial charge in [-0.15, -0.1) is 11.3 Å². The van der Waals surface area contributed by atoms with E-state index < -0.39 is 0 Å². The summed E-state index contributed by atoms with van der Waals surface area (Å²) in [4.78, 5) is 19.2. The molecule has 7 heteroatoms. The van der Waals surface area contributed by atoms with Crippen LogP contribution in [0.15, 0.2) is 48.1 Å². The zero-order valence-corrected chi connectivity index (χ0v) is 15.4. The molecule has 0 saturated carbocycles. The first kappa shape index (κ1) is 16.8. The summed E-state index contributed by atoms with van der Waals surface area (Å²) < 4.78 is 1.89. The highest BCUT2D eigenvalue weighted by Gasteiger charge is 2.29. The third-order valence-corrected chi connectivity index (χ3v) is 5.40. The summed E-state index contributed by atoms with van der Waals surface area (Å²) >= 11 is 1.63. The molecule has 0 radical (unpaired) electrons. The normalized spacial score (nSPS) is 16.8. The van der Waals surface area contributed by atoms with Crippen molar-refractivity contribution in [3.8, 4) is 11.3 Å². The highest BCUT2D eigenvalue weighted by atomic mass is 32.1. The number of thiazole rings is 1. The molecule has 1 fully saturated rings. The maximum Gasteiger partial charge on any atom is 0.322 e. The Kier molecular flexibility index (Phi) is 4.71. The molecule has 6 nitrogen and oxygen atoms in total. The molecule has 1 aromatic carbocycles. The predicted molar refractivity (Wildman–Crippen MR) is 103 cm³/mol. The van der Waals surface area contributed by atoms with Gasteiger partial charge in [-0.25, -0.2) is 9.78 Å². The molecular formula is C19H21N5OS. The van der Waals surface area contributed by atoms with Crippen LogP contribution in [0.25, 0.3) is 11.3 Å². The van der Waals surface area contributed by atoms with Gasteiger partial charge in [-0.1, -0.05) is 12.1 Å². The Morgan fingerprint density at radius 2 is 2.31 bits per heavy atom. The van der Waals surface area contributed by atoms with Crippen molar-refractivity contribution in [2.45, 2.75) is 32.4 Å². The number of hydrogen-bond acceptors (Lipinski definition) is 4. The van der Waals surface area contributed by atoms with Gasteiger partial charge in [0, 0.05) is 35.6 Å². The molecule has 2 amide bonds. The van der Waals surface area contributed by atoms with Gasteiger partial charge in [-0.3, -0.25) is 4.68 Å². The van der Waals surface area contributed by atoms with E-state index in [1.807, 2.05) is 58.4 Å². The molecule has 26 heavy (non-hydrogen) atoms. The minimum Gasteiger partial charge on any atom is -0.320 e. The van der Waals surface area contributed by atoms with Crippen LogP contribution in [0.1, 0.15) is 17.8 Å². The Bertz CT molecular complexity index is 889. The molecule has 0 aliphatic carbocycles. The standard InChI is InChI=1S/C19H21N5OS/c1-14-21-18(13-26-14)15-5-2-6-16(11-15)22-19(25)24-10-3-7-17(24)12-23-9-4-8-20-23/h2,4-6,8-9,11,13,17H,3,7,10,12H2,1H3,(H,22,25)/t17-/m1/s1. The van der Waals surface area contributed by atoms with Gasteiger partial charge in [0.25, 0.3) is 0 Å². The number of anilines is 1. The van der Waals surface area contributed by atoms with Crippen LogP contribution in [0.3, 0.4) is 0 Å². The quantitative estimate of drug-likeness (QED) is 0.758. The largest absolute Gasteiger partial charge is 0.322 e. The lowest BCUT2D eigenvalue weighted by molar-refractivity contribution is 0.199. The average Bonchev–Trinajstić information content (AvgIpc) is 3.37. The van der Waals surface area contributed by atoms with Crippen molar-refractivity contribution in [2.75, 3.05) is 11.9 Å². The van der Waals surface area contributed by atoms with E-state index in [1.165, 1.54) is 0 Å². The third kappa shape index (κ3) is 3.62. The molecule has 0 unspecified atom stereocenters. The fraction of sp³-hybridized carbons (Fsp3) is 0.316. The number of amides is 2. The second-order valence-electron chi connectivity index (χ2n) is 6.48. The van der Waals surface area contributed by atoms with Gasteiger partial charge >= 0.3 is 6.03 Å². The molecule has 1 saturated heterocycles. The molecular weight excluding hydrogens is 346 g/mol. The first-order valence-electron chi connectivity index (χ1n) is 8.77. The van der Waals surface area contributed by atoms with E-state index in [9.17, 15) is 4.79 Å². The maximum absolute atomic E-state index is 12.8. The Labute approximate surface area is 156 Å².